The first-order valence-electron chi connectivity index (χ1n) is 5.85. The van der Waals surface area contributed by atoms with Crippen LogP contribution < -0.4 is 0 Å². The van der Waals surface area contributed by atoms with E-state index < -0.39 is 0 Å². The predicted molar refractivity (Wildman–Crippen MR) is 59.9 cm³/mol. The summed E-state index contributed by atoms with van der Waals surface area (Å²) in [6.45, 7) is 6.66. The lowest BCUT2D eigenvalue weighted by atomic mass is 10.0. The number of rotatable bonds is 2. The Balaban J connectivity index is 2.53. The maximum Gasteiger partial charge on any atom is 0.112 e. The van der Waals surface area contributed by atoms with E-state index >= 15 is 0 Å². The zero-order valence-corrected chi connectivity index (χ0v) is 9.82. The van der Waals surface area contributed by atoms with Gasteiger partial charge in [0, 0.05) is 17.7 Å². The molecular formula is C12H20N2O. The Kier molecular flexibility index (Phi) is 2.83. The molecule has 2 heterocycles. The predicted octanol–water partition coefficient (Wildman–Crippen LogP) is 2.40. The molecule has 0 spiro atoms. The Morgan fingerprint density at radius 1 is 1.53 bits per heavy atom. The van der Waals surface area contributed by atoms with Gasteiger partial charge in [0.1, 0.15) is 5.82 Å². The molecule has 1 unspecified atom stereocenters. The van der Waals surface area contributed by atoms with Crippen LogP contribution in [0.4, 0.5) is 0 Å². The van der Waals surface area contributed by atoms with Crippen molar-refractivity contribution in [3.8, 4) is 0 Å². The van der Waals surface area contributed by atoms with Crippen molar-refractivity contribution in [2.24, 2.45) is 0 Å². The Morgan fingerprint density at radius 3 is 2.87 bits per heavy atom. The van der Waals surface area contributed by atoms with Gasteiger partial charge in [-0.05, 0) is 26.2 Å². The van der Waals surface area contributed by atoms with Gasteiger partial charge < -0.3 is 9.67 Å². The van der Waals surface area contributed by atoms with Gasteiger partial charge in [0.2, 0.25) is 0 Å². The third kappa shape index (κ3) is 1.69. The van der Waals surface area contributed by atoms with Crippen molar-refractivity contribution in [3.63, 3.8) is 0 Å². The number of aromatic nitrogens is 2. The highest BCUT2D eigenvalue weighted by molar-refractivity contribution is 5.21. The quantitative estimate of drug-likeness (QED) is 0.810. The number of aliphatic hydroxyl groups is 1. The van der Waals surface area contributed by atoms with Crippen LogP contribution in [0.5, 0.6) is 0 Å². The molecule has 1 atom stereocenters. The van der Waals surface area contributed by atoms with Crippen molar-refractivity contribution in [1.29, 1.82) is 0 Å². The van der Waals surface area contributed by atoms with Crippen LogP contribution in [0.15, 0.2) is 0 Å². The number of hydrogen-bond donors (Lipinski definition) is 1. The molecule has 0 saturated carbocycles. The lowest BCUT2D eigenvalue weighted by Crippen LogP contribution is -2.18. The summed E-state index contributed by atoms with van der Waals surface area (Å²) in [6, 6.07) is 0.541. The second kappa shape index (κ2) is 3.97. The van der Waals surface area contributed by atoms with Crippen LogP contribution in [0.3, 0.4) is 0 Å². The summed E-state index contributed by atoms with van der Waals surface area (Å²) < 4.78 is 2.35. The summed E-state index contributed by atoms with van der Waals surface area (Å²) in [6.07, 6.45) is 3.52. The molecule has 0 saturated heterocycles. The van der Waals surface area contributed by atoms with Gasteiger partial charge in [0.15, 0.2) is 0 Å². The van der Waals surface area contributed by atoms with Crippen LogP contribution in [0.1, 0.15) is 62.8 Å². The smallest absolute Gasteiger partial charge is 0.112 e. The molecule has 1 aromatic heterocycles. The molecule has 0 amide bonds. The summed E-state index contributed by atoms with van der Waals surface area (Å²) >= 11 is 0. The number of hydrogen-bond acceptors (Lipinski definition) is 2. The van der Waals surface area contributed by atoms with E-state index in [4.69, 9.17) is 0 Å². The van der Waals surface area contributed by atoms with E-state index in [9.17, 15) is 5.11 Å². The summed E-state index contributed by atoms with van der Waals surface area (Å²) in [5.41, 5.74) is 2.16. The molecule has 0 radical (unpaired) electrons. The Labute approximate surface area is 91.1 Å². The van der Waals surface area contributed by atoms with E-state index in [1.165, 1.54) is 18.5 Å². The first-order valence-corrected chi connectivity index (χ1v) is 5.85. The van der Waals surface area contributed by atoms with Gasteiger partial charge in [-0.15, -0.1) is 0 Å². The van der Waals surface area contributed by atoms with Crippen molar-refractivity contribution in [3.05, 3.63) is 17.2 Å². The highest BCUT2D eigenvalue weighted by Crippen LogP contribution is 2.31. The zero-order chi connectivity index (χ0) is 11.0. The first-order chi connectivity index (χ1) is 7.15. The molecule has 0 aromatic carbocycles. The third-order valence-corrected chi connectivity index (χ3v) is 3.26. The largest absolute Gasteiger partial charge is 0.390 e. The Morgan fingerprint density at radius 2 is 2.27 bits per heavy atom. The fourth-order valence-corrected chi connectivity index (χ4v) is 2.52. The molecular weight excluding hydrogens is 188 g/mol. The number of fused-ring (bicyclic) bond motifs is 1. The first kappa shape index (κ1) is 10.7. The summed E-state index contributed by atoms with van der Waals surface area (Å²) in [5.74, 6) is 1.57. The molecule has 3 heteroatoms. The van der Waals surface area contributed by atoms with Gasteiger partial charge in [-0.25, -0.2) is 4.98 Å². The molecule has 1 N–H and O–H groups in total. The topological polar surface area (TPSA) is 38.1 Å². The number of aliphatic hydroxyl groups excluding tert-OH is 1. The van der Waals surface area contributed by atoms with Gasteiger partial charge in [-0.3, -0.25) is 0 Å². The molecule has 0 aliphatic carbocycles. The fourth-order valence-electron chi connectivity index (χ4n) is 2.52. The molecule has 0 fully saturated rings. The Bertz CT molecular complexity index is 355. The lowest BCUT2D eigenvalue weighted by molar-refractivity contribution is 0.274. The van der Waals surface area contributed by atoms with Crippen LogP contribution in [0.2, 0.25) is 0 Å². The normalized spacial score (nSPS) is 20.7. The van der Waals surface area contributed by atoms with E-state index in [0.717, 1.165) is 17.9 Å². The SMILES string of the molecule is CC(C)c1nc(CO)c2n1C(C)CCC2. The summed E-state index contributed by atoms with van der Waals surface area (Å²) in [4.78, 5) is 4.57. The third-order valence-electron chi connectivity index (χ3n) is 3.26. The highest BCUT2D eigenvalue weighted by Gasteiger charge is 2.24. The van der Waals surface area contributed by atoms with Gasteiger partial charge in [0.25, 0.3) is 0 Å². The maximum atomic E-state index is 9.30. The monoisotopic (exact) mass is 208 g/mol. The molecule has 0 bridgehead atoms. The van der Waals surface area contributed by atoms with Crippen LogP contribution in [0.25, 0.3) is 0 Å². The number of imidazole rings is 1. The summed E-state index contributed by atoms with van der Waals surface area (Å²) in [5, 5.41) is 9.30. The lowest BCUT2D eigenvalue weighted by Gasteiger charge is -2.25. The van der Waals surface area contributed by atoms with E-state index in [1.54, 1.807) is 0 Å². The van der Waals surface area contributed by atoms with Crippen molar-refractivity contribution >= 4 is 0 Å². The molecule has 15 heavy (non-hydrogen) atoms. The van der Waals surface area contributed by atoms with Crippen LogP contribution in [-0.4, -0.2) is 14.7 Å². The summed E-state index contributed by atoms with van der Waals surface area (Å²) in [7, 11) is 0. The molecule has 1 aromatic rings. The maximum absolute atomic E-state index is 9.30. The molecule has 3 nitrogen and oxygen atoms in total. The van der Waals surface area contributed by atoms with E-state index in [0.29, 0.717) is 12.0 Å². The van der Waals surface area contributed by atoms with Crippen molar-refractivity contribution in [2.75, 3.05) is 0 Å². The van der Waals surface area contributed by atoms with Crippen molar-refractivity contribution < 1.29 is 5.11 Å². The van der Waals surface area contributed by atoms with Crippen LogP contribution in [-0.2, 0) is 13.0 Å². The zero-order valence-electron chi connectivity index (χ0n) is 9.82. The van der Waals surface area contributed by atoms with E-state index in [-0.39, 0.29) is 6.61 Å². The van der Waals surface area contributed by atoms with Crippen LogP contribution >= 0.6 is 0 Å². The minimum Gasteiger partial charge on any atom is -0.390 e. The molecule has 1 aliphatic heterocycles. The second-order valence-corrected chi connectivity index (χ2v) is 4.79. The van der Waals surface area contributed by atoms with Crippen LogP contribution in [0, 0.1) is 0 Å². The van der Waals surface area contributed by atoms with Gasteiger partial charge >= 0.3 is 0 Å². The molecule has 2 rings (SSSR count). The Hall–Kier alpha value is -0.830. The fraction of sp³-hybridized carbons (Fsp3) is 0.750. The number of nitrogens with zero attached hydrogens (tertiary/aromatic N) is 2. The van der Waals surface area contributed by atoms with Gasteiger partial charge in [-0.2, -0.15) is 0 Å². The van der Waals surface area contributed by atoms with Gasteiger partial charge in [0.05, 0.1) is 12.3 Å². The second-order valence-electron chi connectivity index (χ2n) is 4.79. The average Bonchev–Trinajstić information content (AvgIpc) is 2.58. The highest BCUT2D eigenvalue weighted by atomic mass is 16.3. The van der Waals surface area contributed by atoms with E-state index in [2.05, 4.69) is 30.3 Å². The minimum atomic E-state index is 0.0781. The van der Waals surface area contributed by atoms with Crippen molar-refractivity contribution in [2.45, 2.75) is 58.6 Å². The molecule has 1 aliphatic rings. The van der Waals surface area contributed by atoms with Gasteiger partial charge in [-0.1, -0.05) is 13.8 Å². The standard InChI is InChI=1S/C12H20N2O/c1-8(2)12-13-10(7-15)11-6-4-5-9(3)14(11)12/h8-9,15H,4-7H2,1-3H3. The minimum absolute atomic E-state index is 0.0781. The molecule has 84 valence electrons. The van der Waals surface area contributed by atoms with E-state index in [1.807, 2.05) is 0 Å². The van der Waals surface area contributed by atoms with Crippen molar-refractivity contribution in [1.82, 2.24) is 9.55 Å². The average molecular weight is 208 g/mol.